The van der Waals surface area contributed by atoms with E-state index in [1.807, 2.05) is 32.0 Å². The number of esters is 1. The Bertz CT molecular complexity index is 1140. The van der Waals surface area contributed by atoms with Crippen LogP contribution in [-0.4, -0.2) is 18.7 Å². The number of ether oxygens (including phenoxy) is 3. The summed E-state index contributed by atoms with van der Waals surface area (Å²) < 4.78 is 22.4. The van der Waals surface area contributed by atoms with E-state index in [0.29, 0.717) is 22.5 Å². The molecule has 6 heteroatoms. The number of rotatable bonds is 6. The van der Waals surface area contributed by atoms with E-state index in [4.69, 9.17) is 18.6 Å². The molecule has 0 saturated heterocycles. The lowest BCUT2D eigenvalue weighted by molar-refractivity contribution is -0.152. The summed E-state index contributed by atoms with van der Waals surface area (Å²) in [5, 5.41) is 0.375. The van der Waals surface area contributed by atoms with Gasteiger partial charge in [0.2, 0.25) is 11.2 Å². The molecular weight excluding hydrogens is 396 g/mol. The Kier molecular flexibility index (Phi) is 6.26. The number of aryl methyl sites for hydroxylation is 2. The monoisotopic (exact) mass is 422 g/mol. The zero-order chi connectivity index (χ0) is 21.8. The highest BCUT2D eigenvalue weighted by Gasteiger charge is 2.18. The van der Waals surface area contributed by atoms with Gasteiger partial charge < -0.3 is 18.6 Å². The van der Waals surface area contributed by atoms with Gasteiger partial charge in [0.05, 0.1) is 5.39 Å². The Balaban J connectivity index is 1.45. The van der Waals surface area contributed by atoms with Crippen LogP contribution in [0.1, 0.15) is 43.2 Å². The second-order valence-electron chi connectivity index (χ2n) is 8.00. The molecule has 0 bridgehead atoms. The number of carbonyl (C=O) groups is 1. The Hall–Kier alpha value is -3.28. The first-order valence-corrected chi connectivity index (χ1v) is 10.6. The Morgan fingerprint density at radius 2 is 1.84 bits per heavy atom. The molecule has 1 aliphatic rings. The van der Waals surface area contributed by atoms with E-state index in [1.54, 1.807) is 18.2 Å². The zero-order valence-corrected chi connectivity index (χ0v) is 17.8. The van der Waals surface area contributed by atoms with Crippen molar-refractivity contribution in [3.63, 3.8) is 0 Å². The predicted octanol–water partition coefficient (Wildman–Crippen LogP) is 5.46. The minimum absolute atomic E-state index is 0.00469. The second-order valence-corrected chi connectivity index (χ2v) is 8.00. The highest BCUT2D eigenvalue weighted by Crippen LogP contribution is 2.27. The zero-order valence-electron chi connectivity index (χ0n) is 17.8. The summed E-state index contributed by atoms with van der Waals surface area (Å²) >= 11 is 0. The molecule has 3 aromatic rings. The maximum Gasteiger partial charge on any atom is 0.344 e. The molecule has 162 valence electrons. The maximum atomic E-state index is 12.8. The Morgan fingerprint density at radius 1 is 1.03 bits per heavy atom. The van der Waals surface area contributed by atoms with Crippen LogP contribution in [0.25, 0.3) is 11.0 Å². The first-order valence-electron chi connectivity index (χ1n) is 10.6. The highest BCUT2D eigenvalue weighted by atomic mass is 16.6. The summed E-state index contributed by atoms with van der Waals surface area (Å²) in [5.41, 5.74) is 2.05. The first-order chi connectivity index (χ1) is 15.0. The minimum Gasteiger partial charge on any atom is -0.482 e. The lowest BCUT2D eigenvalue weighted by Crippen LogP contribution is -2.24. The first kappa shape index (κ1) is 21.0. The van der Waals surface area contributed by atoms with Crippen molar-refractivity contribution in [2.24, 2.45) is 0 Å². The van der Waals surface area contributed by atoms with Crippen LogP contribution < -0.4 is 14.9 Å². The van der Waals surface area contributed by atoms with Crippen LogP contribution in [0.3, 0.4) is 0 Å². The number of fused-ring (bicyclic) bond motifs is 1. The smallest absolute Gasteiger partial charge is 0.344 e. The molecule has 6 nitrogen and oxygen atoms in total. The van der Waals surface area contributed by atoms with Crippen molar-refractivity contribution in [1.82, 2.24) is 0 Å². The molecule has 1 fully saturated rings. The number of hydrogen-bond acceptors (Lipinski definition) is 6. The van der Waals surface area contributed by atoms with E-state index in [0.717, 1.165) is 36.8 Å². The van der Waals surface area contributed by atoms with E-state index in [2.05, 4.69) is 0 Å². The fourth-order valence-corrected chi connectivity index (χ4v) is 3.73. The molecule has 1 heterocycles. The quantitative estimate of drug-likeness (QED) is 0.491. The third-order valence-corrected chi connectivity index (χ3v) is 5.48. The molecule has 0 radical (unpaired) electrons. The molecule has 1 aliphatic carbocycles. The standard InChI is InChI=1S/C25H26O6/c1-16-8-9-17(2)21(12-16)31-23-14-29-22-13-19(10-11-20(22)25(23)27)28-15-24(26)30-18-6-4-3-5-7-18/h8-14,18H,3-7,15H2,1-2H3. The average molecular weight is 422 g/mol. The third kappa shape index (κ3) is 5.08. The molecule has 1 saturated carbocycles. The summed E-state index contributed by atoms with van der Waals surface area (Å²) in [7, 11) is 0. The minimum atomic E-state index is -0.384. The van der Waals surface area contributed by atoms with Gasteiger partial charge in [0.25, 0.3) is 0 Å². The summed E-state index contributed by atoms with van der Waals surface area (Å²) in [5.74, 6) is 0.777. The molecule has 0 N–H and O–H groups in total. The molecule has 0 aliphatic heterocycles. The maximum absolute atomic E-state index is 12.8. The van der Waals surface area contributed by atoms with E-state index in [9.17, 15) is 9.59 Å². The molecule has 1 aromatic heterocycles. The topological polar surface area (TPSA) is 75.0 Å². The molecule has 0 amide bonds. The van der Waals surface area contributed by atoms with Crippen LogP contribution in [0.15, 0.2) is 51.9 Å². The van der Waals surface area contributed by atoms with Crippen molar-refractivity contribution in [2.45, 2.75) is 52.1 Å². The summed E-state index contributed by atoms with van der Waals surface area (Å²) in [4.78, 5) is 24.9. The van der Waals surface area contributed by atoms with Gasteiger partial charge in [0, 0.05) is 6.07 Å². The van der Waals surface area contributed by atoms with Gasteiger partial charge in [-0.1, -0.05) is 18.6 Å². The summed E-state index contributed by atoms with van der Waals surface area (Å²) in [6.07, 6.45) is 6.51. The molecule has 31 heavy (non-hydrogen) atoms. The van der Waals surface area contributed by atoms with Crippen molar-refractivity contribution in [2.75, 3.05) is 6.61 Å². The Morgan fingerprint density at radius 3 is 2.65 bits per heavy atom. The summed E-state index contributed by atoms with van der Waals surface area (Å²) in [6.45, 7) is 3.70. The molecule has 0 unspecified atom stereocenters. The van der Waals surface area contributed by atoms with Gasteiger partial charge in [-0.15, -0.1) is 0 Å². The molecule has 0 spiro atoms. The SMILES string of the molecule is Cc1ccc(C)c(Oc2coc3cc(OCC(=O)OC4CCCCC4)ccc3c2=O)c1. The Labute approximate surface area is 180 Å². The van der Waals surface area contributed by atoms with E-state index in [1.165, 1.54) is 12.7 Å². The average Bonchev–Trinajstić information content (AvgIpc) is 2.77. The fourth-order valence-electron chi connectivity index (χ4n) is 3.73. The molecule has 2 aromatic carbocycles. The van der Waals surface area contributed by atoms with Crippen LogP contribution in [0, 0.1) is 13.8 Å². The van der Waals surface area contributed by atoms with Crippen molar-refractivity contribution in [1.29, 1.82) is 0 Å². The normalized spacial score (nSPS) is 14.4. The van der Waals surface area contributed by atoms with Crippen LogP contribution in [0.5, 0.6) is 17.2 Å². The molecular formula is C25H26O6. The van der Waals surface area contributed by atoms with Gasteiger partial charge >= 0.3 is 5.97 Å². The van der Waals surface area contributed by atoms with E-state index in [-0.39, 0.29) is 29.9 Å². The predicted molar refractivity (Wildman–Crippen MR) is 117 cm³/mol. The van der Waals surface area contributed by atoms with Crippen LogP contribution >= 0.6 is 0 Å². The number of benzene rings is 2. The van der Waals surface area contributed by atoms with E-state index < -0.39 is 0 Å². The second kappa shape index (κ2) is 9.25. The van der Waals surface area contributed by atoms with Gasteiger partial charge in [-0.05, 0) is 68.9 Å². The van der Waals surface area contributed by atoms with Gasteiger partial charge in [-0.2, -0.15) is 0 Å². The van der Waals surface area contributed by atoms with Crippen molar-refractivity contribution < 1.29 is 23.4 Å². The van der Waals surface area contributed by atoms with E-state index >= 15 is 0 Å². The van der Waals surface area contributed by atoms with Crippen molar-refractivity contribution in [3.05, 3.63) is 64.0 Å². The van der Waals surface area contributed by atoms with Gasteiger partial charge in [-0.3, -0.25) is 4.79 Å². The number of carbonyl (C=O) groups excluding carboxylic acids is 1. The highest BCUT2D eigenvalue weighted by molar-refractivity contribution is 5.79. The van der Waals surface area contributed by atoms with Crippen LogP contribution in [0.2, 0.25) is 0 Å². The lowest BCUT2D eigenvalue weighted by atomic mass is 9.98. The summed E-state index contributed by atoms with van der Waals surface area (Å²) in [6, 6.07) is 10.6. The van der Waals surface area contributed by atoms with Crippen molar-refractivity contribution in [3.8, 4) is 17.2 Å². The van der Waals surface area contributed by atoms with Gasteiger partial charge in [0.1, 0.15) is 29.4 Å². The van der Waals surface area contributed by atoms with Crippen LogP contribution in [-0.2, 0) is 9.53 Å². The largest absolute Gasteiger partial charge is 0.482 e. The molecule has 4 rings (SSSR count). The fraction of sp³-hybridized carbons (Fsp3) is 0.360. The number of hydrogen-bond donors (Lipinski definition) is 0. The van der Waals surface area contributed by atoms with Gasteiger partial charge in [0.15, 0.2) is 6.61 Å². The molecule has 0 atom stereocenters. The lowest BCUT2D eigenvalue weighted by Gasteiger charge is -2.21. The van der Waals surface area contributed by atoms with Crippen LogP contribution in [0.4, 0.5) is 0 Å². The van der Waals surface area contributed by atoms with Gasteiger partial charge in [-0.25, -0.2) is 4.79 Å². The van der Waals surface area contributed by atoms with Crippen molar-refractivity contribution >= 4 is 16.9 Å². The third-order valence-electron chi connectivity index (χ3n) is 5.48.